The number of sulfonamides is 1. The Morgan fingerprint density at radius 1 is 1.12 bits per heavy atom. The fourth-order valence-corrected chi connectivity index (χ4v) is 5.55. The second-order valence-corrected chi connectivity index (χ2v) is 9.87. The van der Waals surface area contributed by atoms with Gasteiger partial charge in [-0.15, -0.1) is 0 Å². The van der Waals surface area contributed by atoms with Crippen LogP contribution < -0.4 is 10.2 Å². The quantitative estimate of drug-likeness (QED) is 0.705. The van der Waals surface area contributed by atoms with Gasteiger partial charge in [0.25, 0.3) is 0 Å². The van der Waals surface area contributed by atoms with E-state index in [-0.39, 0.29) is 35.5 Å². The van der Waals surface area contributed by atoms with Gasteiger partial charge in [0, 0.05) is 19.0 Å². The van der Waals surface area contributed by atoms with Crippen molar-refractivity contribution in [3.8, 4) is 0 Å². The number of benzene rings is 2. The highest BCUT2D eigenvalue weighted by molar-refractivity contribution is 7.89. The molecule has 11 heteroatoms. The third-order valence-corrected chi connectivity index (χ3v) is 7.75. The van der Waals surface area contributed by atoms with Gasteiger partial charge in [0.15, 0.2) is 0 Å². The molecular formula is C21H21ClFN3O5S. The first-order valence-corrected chi connectivity index (χ1v) is 11.9. The fourth-order valence-electron chi connectivity index (χ4n) is 3.81. The standard InChI is InChI=1S/C21H21ClFN3O5S/c22-16-13-15(5-6-17(16)23)32(29,30)25-9-7-14(8-10-25)20(27)24-18-3-1-2-4-19(18)26-11-12-31-21(26)28/h1-6,13-14H,7-12H2,(H,24,27). The van der Waals surface area contributed by atoms with Gasteiger partial charge in [0.1, 0.15) is 12.4 Å². The fraction of sp³-hybridized carbons (Fsp3) is 0.333. The lowest BCUT2D eigenvalue weighted by Gasteiger charge is -2.31. The van der Waals surface area contributed by atoms with Crippen molar-refractivity contribution in [3.63, 3.8) is 0 Å². The summed E-state index contributed by atoms with van der Waals surface area (Å²) in [6.07, 6.45) is 0.188. The van der Waals surface area contributed by atoms with Crippen molar-refractivity contribution in [1.29, 1.82) is 0 Å². The van der Waals surface area contributed by atoms with Gasteiger partial charge in [-0.2, -0.15) is 4.31 Å². The summed E-state index contributed by atoms with van der Waals surface area (Å²) in [6.45, 7) is 0.980. The zero-order valence-corrected chi connectivity index (χ0v) is 18.5. The van der Waals surface area contributed by atoms with Gasteiger partial charge in [-0.25, -0.2) is 17.6 Å². The number of ether oxygens (including phenoxy) is 1. The van der Waals surface area contributed by atoms with Crippen molar-refractivity contribution in [2.75, 3.05) is 36.5 Å². The first-order chi connectivity index (χ1) is 15.3. The third-order valence-electron chi connectivity index (χ3n) is 5.57. The molecule has 170 valence electrons. The van der Waals surface area contributed by atoms with Crippen molar-refractivity contribution < 1.29 is 27.1 Å². The summed E-state index contributed by atoms with van der Waals surface area (Å²) in [4.78, 5) is 26.1. The minimum Gasteiger partial charge on any atom is -0.447 e. The number of nitrogens with zero attached hydrogens (tertiary/aromatic N) is 2. The van der Waals surface area contributed by atoms with Crippen molar-refractivity contribution in [3.05, 3.63) is 53.3 Å². The Hall–Kier alpha value is -2.69. The van der Waals surface area contributed by atoms with Gasteiger partial charge in [-0.1, -0.05) is 23.7 Å². The van der Waals surface area contributed by atoms with E-state index in [2.05, 4.69) is 5.32 Å². The second kappa shape index (κ2) is 9.05. The monoisotopic (exact) mass is 481 g/mol. The highest BCUT2D eigenvalue weighted by Crippen LogP contribution is 2.30. The smallest absolute Gasteiger partial charge is 0.414 e. The Kier molecular flexibility index (Phi) is 6.36. The van der Waals surface area contributed by atoms with Gasteiger partial charge in [0.05, 0.1) is 27.8 Å². The molecular weight excluding hydrogens is 461 g/mol. The van der Waals surface area contributed by atoms with E-state index in [0.717, 1.165) is 12.1 Å². The summed E-state index contributed by atoms with van der Waals surface area (Å²) in [5.41, 5.74) is 1.05. The van der Waals surface area contributed by atoms with Gasteiger partial charge in [-0.3, -0.25) is 9.69 Å². The molecule has 4 rings (SSSR count). The molecule has 2 aromatic carbocycles. The summed E-state index contributed by atoms with van der Waals surface area (Å²) >= 11 is 5.73. The second-order valence-electron chi connectivity index (χ2n) is 7.53. The van der Waals surface area contributed by atoms with Crippen LogP contribution in [0, 0.1) is 11.7 Å². The summed E-state index contributed by atoms with van der Waals surface area (Å²) in [6, 6.07) is 10.2. The van der Waals surface area contributed by atoms with Gasteiger partial charge in [0.2, 0.25) is 15.9 Å². The van der Waals surface area contributed by atoms with Crippen molar-refractivity contribution in [2.45, 2.75) is 17.7 Å². The number of carbonyl (C=O) groups excluding carboxylic acids is 2. The van der Waals surface area contributed by atoms with Gasteiger partial charge in [-0.05, 0) is 43.2 Å². The Balaban J connectivity index is 1.41. The molecule has 2 heterocycles. The van der Waals surface area contributed by atoms with Crippen LogP contribution in [0.2, 0.25) is 5.02 Å². The van der Waals surface area contributed by atoms with E-state index in [9.17, 15) is 22.4 Å². The van der Waals surface area contributed by atoms with Crippen LogP contribution in [-0.4, -0.2) is 51.0 Å². The van der Waals surface area contributed by atoms with Crippen LogP contribution in [0.25, 0.3) is 0 Å². The maximum Gasteiger partial charge on any atom is 0.414 e. The molecule has 0 spiro atoms. The molecule has 0 atom stereocenters. The molecule has 8 nitrogen and oxygen atoms in total. The number of carbonyl (C=O) groups is 2. The zero-order valence-electron chi connectivity index (χ0n) is 17.0. The average molecular weight is 482 g/mol. The van der Waals surface area contributed by atoms with Gasteiger partial charge >= 0.3 is 6.09 Å². The number of piperidine rings is 1. The summed E-state index contributed by atoms with van der Waals surface area (Å²) in [5.74, 6) is -1.33. The van der Waals surface area contributed by atoms with Crippen molar-refractivity contribution >= 4 is 45.0 Å². The first kappa shape index (κ1) is 22.5. The Bertz CT molecular complexity index is 1150. The minimum atomic E-state index is -3.84. The van der Waals surface area contributed by atoms with Crippen LogP contribution in [0.15, 0.2) is 47.4 Å². The number of amides is 2. The lowest BCUT2D eigenvalue weighted by molar-refractivity contribution is -0.120. The molecule has 0 saturated carbocycles. The zero-order chi connectivity index (χ0) is 22.9. The summed E-state index contributed by atoms with van der Waals surface area (Å²) < 4.78 is 45.3. The molecule has 2 fully saturated rings. The van der Waals surface area contributed by atoms with E-state index >= 15 is 0 Å². The molecule has 0 aliphatic carbocycles. The van der Waals surface area contributed by atoms with Crippen LogP contribution in [0.1, 0.15) is 12.8 Å². The number of hydrogen-bond acceptors (Lipinski definition) is 5. The molecule has 2 saturated heterocycles. The Morgan fingerprint density at radius 3 is 2.50 bits per heavy atom. The first-order valence-electron chi connectivity index (χ1n) is 10.1. The average Bonchev–Trinajstić information content (AvgIpc) is 3.21. The highest BCUT2D eigenvalue weighted by atomic mass is 35.5. The van der Waals surface area contributed by atoms with Gasteiger partial charge < -0.3 is 10.1 Å². The van der Waals surface area contributed by atoms with E-state index in [1.54, 1.807) is 24.3 Å². The molecule has 32 heavy (non-hydrogen) atoms. The van der Waals surface area contributed by atoms with Crippen LogP contribution in [0.5, 0.6) is 0 Å². The molecule has 2 aromatic rings. The number of para-hydroxylation sites is 2. The number of nitrogens with one attached hydrogen (secondary N) is 1. The predicted octanol–water partition coefficient (Wildman–Crippen LogP) is 3.48. The minimum absolute atomic E-state index is 0.0850. The Labute approximate surface area is 189 Å². The lowest BCUT2D eigenvalue weighted by Crippen LogP contribution is -2.41. The van der Waals surface area contributed by atoms with Crippen LogP contribution in [-0.2, 0) is 19.6 Å². The normalized spacial score (nSPS) is 17.9. The van der Waals surface area contributed by atoms with Crippen molar-refractivity contribution in [2.24, 2.45) is 5.92 Å². The van der Waals surface area contributed by atoms with E-state index < -0.39 is 27.9 Å². The molecule has 0 unspecified atom stereocenters. The Morgan fingerprint density at radius 2 is 1.84 bits per heavy atom. The lowest BCUT2D eigenvalue weighted by atomic mass is 9.97. The maximum atomic E-state index is 13.4. The molecule has 0 aromatic heterocycles. The number of hydrogen-bond donors (Lipinski definition) is 1. The van der Waals surface area contributed by atoms with E-state index in [4.69, 9.17) is 16.3 Å². The molecule has 2 aliphatic rings. The molecule has 0 bridgehead atoms. The molecule has 2 amide bonds. The van der Waals surface area contributed by atoms with E-state index in [1.165, 1.54) is 15.3 Å². The van der Waals surface area contributed by atoms with Crippen LogP contribution in [0.3, 0.4) is 0 Å². The predicted molar refractivity (Wildman–Crippen MR) is 117 cm³/mol. The SMILES string of the molecule is O=C(Nc1ccccc1N1CCOC1=O)C1CCN(S(=O)(=O)c2ccc(F)c(Cl)c2)CC1. The molecule has 2 aliphatic heterocycles. The summed E-state index contributed by atoms with van der Waals surface area (Å²) in [5, 5.41) is 2.60. The number of halogens is 2. The molecule has 1 N–H and O–H groups in total. The topological polar surface area (TPSA) is 96.0 Å². The largest absolute Gasteiger partial charge is 0.447 e. The number of cyclic esters (lactones) is 1. The highest BCUT2D eigenvalue weighted by Gasteiger charge is 2.33. The number of anilines is 2. The molecule has 0 radical (unpaired) electrons. The third kappa shape index (κ3) is 4.43. The van der Waals surface area contributed by atoms with Crippen LogP contribution in [0.4, 0.5) is 20.6 Å². The number of rotatable bonds is 5. The van der Waals surface area contributed by atoms with E-state index in [0.29, 0.717) is 30.8 Å². The summed E-state index contributed by atoms with van der Waals surface area (Å²) in [7, 11) is -3.84. The maximum absolute atomic E-state index is 13.4. The van der Waals surface area contributed by atoms with Crippen molar-refractivity contribution in [1.82, 2.24) is 4.31 Å². The van der Waals surface area contributed by atoms with E-state index in [1.807, 2.05) is 0 Å². The van der Waals surface area contributed by atoms with Crippen LogP contribution >= 0.6 is 11.6 Å².